The molecule has 70 heavy (non-hydrogen) atoms. The molecule has 2 aliphatic rings. The van der Waals surface area contributed by atoms with E-state index in [1.165, 1.54) is 33.4 Å². The van der Waals surface area contributed by atoms with Crippen LogP contribution in [-0.4, -0.2) is 9.97 Å². The fourth-order valence-corrected chi connectivity index (χ4v) is 11.5. The van der Waals surface area contributed by atoms with Gasteiger partial charge in [-0.3, -0.25) is 9.97 Å². The van der Waals surface area contributed by atoms with Crippen LogP contribution in [0.25, 0.3) is 145 Å². The minimum atomic E-state index is -0.960. The molecule has 14 rings (SSSR count). The van der Waals surface area contributed by atoms with Crippen molar-refractivity contribution in [2.45, 2.75) is 19.7 Å². The third-order valence-electron chi connectivity index (χ3n) is 14.6. The summed E-state index contributed by atoms with van der Waals surface area (Å²) >= 11 is 0. The van der Waals surface area contributed by atoms with Crippen molar-refractivity contribution >= 4 is 21.9 Å². The standard InChI is InChI=1S/C67H44N2O/c1-40(2)64-44(22-11-23-45(64)42-29-32-53-49-17-3-6-18-50(49)57-26-13-35-68-65(57)66-58(62(53)38-42)27-14-36-69-66)41-30-33-54-55-34-31-43(46-24-12-25-59-56-21-9-10-28-63(56)70-67(46)59)39-61(55)52-20-8-5-16-48(52)47-15-4-7-19-51(47)60(54)37-41/h3-40H,1-2H3/i40D. The van der Waals surface area contributed by atoms with Crippen LogP contribution in [0, 0.1) is 0 Å². The summed E-state index contributed by atoms with van der Waals surface area (Å²) in [6.45, 7) is 4.03. The van der Waals surface area contributed by atoms with Gasteiger partial charge in [-0.1, -0.05) is 190 Å². The maximum absolute atomic E-state index is 9.90. The van der Waals surface area contributed by atoms with Gasteiger partial charge >= 0.3 is 0 Å². The van der Waals surface area contributed by atoms with E-state index in [0.29, 0.717) is 0 Å². The highest BCUT2D eigenvalue weighted by Crippen LogP contribution is 2.52. The van der Waals surface area contributed by atoms with Gasteiger partial charge in [0.15, 0.2) is 0 Å². The highest BCUT2D eigenvalue weighted by Gasteiger charge is 2.27. The van der Waals surface area contributed by atoms with Crippen LogP contribution < -0.4 is 0 Å². The molecule has 9 aromatic carbocycles. The molecule has 328 valence electrons. The van der Waals surface area contributed by atoms with E-state index < -0.39 is 5.89 Å². The molecule has 0 spiro atoms. The Morgan fingerprint density at radius 3 is 1.21 bits per heavy atom. The van der Waals surface area contributed by atoms with Gasteiger partial charge in [0.05, 0.1) is 11.4 Å². The number of hydrogen-bond donors (Lipinski definition) is 0. The van der Waals surface area contributed by atoms with Crippen LogP contribution in [0.2, 0.25) is 0 Å². The molecule has 0 amide bonds. The van der Waals surface area contributed by atoms with E-state index in [-0.39, 0.29) is 0 Å². The van der Waals surface area contributed by atoms with E-state index in [0.717, 1.165) is 117 Å². The Morgan fingerprint density at radius 1 is 0.329 bits per heavy atom. The Hall–Kier alpha value is -8.92. The van der Waals surface area contributed by atoms with Gasteiger partial charge in [0.1, 0.15) is 11.2 Å². The fraction of sp³-hybridized carbons (Fsp3) is 0.0448. The topological polar surface area (TPSA) is 38.9 Å². The lowest BCUT2D eigenvalue weighted by Crippen LogP contribution is -2.01. The molecule has 3 heterocycles. The number of pyridine rings is 2. The van der Waals surface area contributed by atoms with Crippen molar-refractivity contribution in [3.8, 4) is 123 Å². The third kappa shape index (κ3) is 6.15. The number of aromatic nitrogens is 2. The predicted molar refractivity (Wildman–Crippen MR) is 290 cm³/mol. The van der Waals surface area contributed by atoms with Crippen LogP contribution in [0.1, 0.15) is 26.7 Å². The van der Waals surface area contributed by atoms with Crippen molar-refractivity contribution in [1.29, 1.82) is 0 Å². The van der Waals surface area contributed by atoms with Gasteiger partial charge in [-0.25, -0.2) is 0 Å². The quantitative estimate of drug-likeness (QED) is 0.177. The van der Waals surface area contributed by atoms with Gasteiger partial charge in [-0.15, -0.1) is 0 Å². The largest absolute Gasteiger partial charge is 0.455 e. The van der Waals surface area contributed by atoms with Crippen LogP contribution >= 0.6 is 0 Å². The summed E-state index contributed by atoms with van der Waals surface area (Å²) in [7, 11) is 0. The number of nitrogens with zero attached hydrogens (tertiary/aromatic N) is 2. The average Bonchev–Trinajstić information content (AvgIpc) is 3.81. The van der Waals surface area contributed by atoms with E-state index in [1.54, 1.807) is 0 Å². The van der Waals surface area contributed by atoms with Gasteiger partial charge in [0, 0.05) is 41.2 Å². The lowest BCUT2D eigenvalue weighted by Gasteiger charge is -2.25. The molecule has 0 saturated heterocycles. The smallest absolute Gasteiger partial charge is 0.143 e. The number of benzene rings is 9. The van der Waals surface area contributed by atoms with Crippen molar-refractivity contribution in [3.63, 3.8) is 0 Å². The van der Waals surface area contributed by atoms with Gasteiger partial charge in [0.25, 0.3) is 0 Å². The second-order valence-electron chi connectivity index (χ2n) is 18.7. The molecule has 0 N–H and O–H groups in total. The molecule has 0 aliphatic heterocycles. The Kier molecular flexibility index (Phi) is 8.85. The van der Waals surface area contributed by atoms with Crippen LogP contribution in [0.5, 0.6) is 0 Å². The van der Waals surface area contributed by atoms with Crippen LogP contribution in [0.4, 0.5) is 0 Å². The molecule has 0 bridgehead atoms. The van der Waals surface area contributed by atoms with Crippen LogP contribution in [0.3, 0.4) is 0 Å². The first-order valence-corrected chi connectivity index (χ1v) is 24.0. The number of para-hydroxylation sites is 2. The molecule has 3 heteroatoms. The third-order valence-corrected chi connectivity index (χ3v) is 14.6. The van der Waals surface area contributed by atoms with Crippen molar-refractivity contribution in [2.75, 3.05) is 0 Å². The zero-order valence-electron chi connectivity index (χ0n) is 39.7. The minimum absolute atomic E-state index is 0.857. The summed E-state index contributed by atoms with van der Waals surface area (Å²) in [5, 5.41) is 2.24. The first kappa shape index (κ1) is 39.1. The minimum Gasteiger partial charge on any atom is -0.455 e. The first-order chi connectivity index (χ1) is 34.9. The number of furan rings is 1. The summed E-state index contributed by atoms with van der Waals surface area (Å²) in [5.41, 5.74) is 26.8. The molecule has 0 saturated carbocycles. The molecule has 0 unspecified atom stereocenters. The fourth-order valence-electron chi connectivity index (χ4n) is 11.5. The molecule has 2 aliphatic carbocycles. The summed E-state index contributed by atoms with van der Waals surface area (Å²) in [4.78, 5) is 9.91. The Balaban J connectivity index is 0.960. The van der Waals surface area contributed by atoms with Gasteiger partial charge in [-0.2, -0.15) is 0 Å². The van der Waals surface area contributed by atoms with Crippen molar-refractivity contribution < 1.29 is 5.79 Å². The van der Waals surface area contributed by atoms with Crippen molar-refractivity contribution in [3.05, 3.63) is 230 Å². The Labute approximate surface area is 408 Å². The van der Waals surface area contributed by atoms with Crippen molar-refractivity contribution in [2.24, 2.45) is 0 Å². The van der Waals surface area contributed by atoms with E-state index in [4.69, 9.17) is 14.4 Å². The van der Waals surface area contributed by atoms with Gasteiger partial charge in [0.2, 0.25) is 0 Å². The monoisotopic (exact) mass is 893 g/mol. The maximum Gasteiger partial charge on any atom is 0.143 e. The van der Waals surface area contributed by atoms with Crippen LogP contribution in [-0.2, 0) is 0 Å². The zero-order chi connectivity index (χ0) is 47.4. The van der Waals surface area contributed by atoms with E-state index in [1.807, 2.05) is 50.5 Å². The summed E-state index contributed by atoms with van der Waals surface area (Å²) in [6.07, 6.45) is 3.71. The highest BCUT2D eigenvalue weighted by molar-refractivity contribution is 6.11. The predicted octanol–water partition coefficient (Wildman–Crippen LogP) is 18.5. The first-order valence-electron chi connectivity index (χ1n) is 24.5. The number of fused-ring (bicyclic) bond motifs is 19. The second-order valence-corrected chi connectivity index (χ2v) is 18.7. The molecular weight excluding hydrogens is 849 g/mol. The molecule has 0 radical (unpaired) electrons. The van der Waals surface area contributed by atoms with Gasteiger partial charge in [-0.05, 0) is 142 Å². The number of rotatable bonds is 4. The average molecular weight is 894 g/mol. The maximum atomic E-state index is 9.90. The SMILES string of the molecule is [2H]C(C)(C)c1c(-c2ccc3c(c2)-c2ccccc2-c2ccccc2-c2cc(-c4cccc5c4oc4ccccc45)ccc2-3)cccc1-c1ccc2c(c1)-c1cccnc1-c1ncccc1-c1ccccc1-2. The van der Waals surface area contributed by atoms with E-state index >= 15 is 0 Å². The molecule has 0 atom stereocenters. The Bertz CT molecular complexity index is 4170. The normalized spacial score (nSPS) is 12.3. The molecule has 3 aromatic heterocycles. The molecule has 12 aromatic rings. The highest BCUT2D eigenvalue weighted by atomic mass is 16.3. The summed E-state index contributed by atoms with van der Waals surface area (Å²) in [6, 6.07) is 76.5. The second kappa shape index (κ2) is 15.8. The molecular formula is C67H44N2O. The summed E-state index contributed by atoms with van der Waals surface area (Å²) in [5.74, 6) is -0.960. The Morgan fingerprint density at radius 2 is 0.686 bits per heavy atom. The lowest BCUT2D eigenvalue weighted by molar-refractivity contribution is 0.670. The zero-order valence-corrected chi connectivity index (χ0v) is 38.7. The lowest BCUT2D eigenvalue weighted by atomic mass is 9.78. The summed E-state index contributed by atoms with van der Waals surface area (Å²) < 4.78 is 16.5. The van der Waals surface area contributed by atoms with Crippen molar-refractivity contribution in [1.82, 2.24) is 9.97 Å². The van der Waals surface area contributed by atoms with Gasteiger partial charge < -0.3 is 4.42 Å². The van der Waals surface area contributed by atoms with E-state index in [9.17, 15) is 1.37 Å². The number of hydrogen-bond acceptors (Lipinski definition) is 3. The molecule has 3 nitrogen and oxygen atoms in total. The molecule has 0 fully saturated rings. The van der Waals surface area contributed by atoms with Crippen LogP contribution in [0.15, 0.2) is 229 Å². The van der Waals surface area contributed by atoms with E-state index in [2.05, 4.69) is 188 Å².